The Morgan fingerprint density at radius 2 is 1.76 bits per heavy atom. The normalized spacial score (nSPS) is 12.1. The topological polar surface area (TPSA) is 59.9 Å². The summed E-state index contributed by atoms with van der Waals surface area (Å²) in [5.74, 6) is -3.07. The molecule has 0 unspecified atom stereocenters. The fourth-order valence-electron chi connectivity index (χ4n) is 2.08. The van der Waals surface area contributed by atoms with Gasteiger partial charge in [0.1, 0.15) is 22.9 Å². The quantitative estimate of drug-likeness (QED) is 0.262. The van der Waals surface area contributed by atoms with E-state index in [1.807, 2.05) is 0 Å². The van der Waals surface area contributed by atoms with Crippen molar-refractivity contribution in [2.45, 2.75) is 17.9 Å². The van der Waals surface area contributed by atoms with Crippen LogP contribution in [0.1, 0.15) is 12.5 Å². The zero-order valence-electron chi connectivity index (χ0n) is 14.8. The molecule has 11 heteroatoms. The van der Waals surface area contributed by atoms with E-state index < -0.39 is 45.8 Å². The minimum absolute atomic E-state index is 0.0430. The van der Waals surface area contributed by atoms with Crippen molar-refractivity contribution in [3.8, 4) is 5.75 Å². The van der Waals surface area contributed by atoms with Crippen molar-refractivity contribution in [3.05, 3.63) is 59.7 Å². The third-order valence-electron chi connectivity index (χ3n) is 3.29. The lowest BCUT2D eigenvalue weighted by Crippen LogP contribution is -2.32. The van der Waals surface area contributed by atoms with Crippen LogP contribution in [0.15, 0.2) is 47.5 Å². The number of amides is 2. The maximum Gasteiger partial charge on any atom is 0.428 e. The molecule has 0 fully saturated rings. The van der Waals surface area contributed by atoms with Crippen LogP contribution in [0.4, 0.5) is 28.0 Å². The van der Waals surface area contributed by atoms with Gasteiger partial charge in [0.2, 0.25) is 10.7 Å². The summed E-state index contributed by atoms with van der Waals surface area (Å²) in [6.07, 6.45) is -3.94. The van der Waals surface area contributed by atoms with Crippen molar-refractivity contribution >= 4 is 40.8 Å². The van der Waals surface area contributed by atoms with E-state index in [1.54, 1.807) is 0 Å². The summed E-state index contributed by atoms with van der Waals surface area (Å²) in [6.45, 7) is 1.48. The van der Waals surface area contributed by atoms with E-state index in [-0.39, 0.29) is 12.3 Å². The lowest BCUT2D eigenvalue weighted by molar-refractivity contribution is -0.163. The SMILES string of the molecule is CCOC(=NC(=O)Nc1ccccc1OC(F)(F)C(Cl)Cl)c1c(F)cccc1F. The summed E-state index contributed by atoms with van der Waals surface area (Å²) in [7, 11) is 0. The predicted molar refractivity (Wildman–Crippen MR) is 101 cm³/mol. The third kappa shape index (κ3) is 5.98. The van der Waals surface area contributed by atoms with Gasteiger partial charge in [0.25, 0.3) is 0 Å². The first kappa shape index (κ1) is 22.8. The molecule has 2 amide bonds. The first-order valence-corrected chi connectivity index (χ1v) is 8.93. The minimum atomic E-state index is -3.94. The first-order chi connectivity index (χ1) is 13.7. The van der Waals surface area contributed by atoms with Crippen LogP contribution in [-0.4, -0.2) is 29.5 Å². The molecule has 2 aromatic rings. The third-order valence-corrected chi connectivity index (χ3v) is 3.80. The number of ether oxygens (including phenoxy) is 2. The number of alkyl halides is 4. The number of hydrogen-bond donors (Lipinski definition) is 1. The van der Waals surface area contributed by atoms with Gasteiger partial charge in [0.05, 0.1) is 12.3 Å². The molecule has 0 bridgehead atoms. The highest BCUT2D eigenvalue weighted by Gasteiger charge is 2.40. The van der Waals surface area contributed by atoms with Crippen molar-refractivity contribution in [2.75, 3.05) is 11.9 Å². The fourth-order valence-corrected chi connectivity index (χ4v) is 2.17. The standard InChI is InChI=1S/C18H14Cl2F4N2O3/c1-2-28-15(14-10(21)6-5-7-11(14)22)26-17(27)25-12-8-3-4-9-13(12)29-18(23,24)16(19)20/h3-9,16H,2H2,1H3,(H,25,27). The molecular formula is C18H14Cl2F4N2O3. The second-order valence-corrected chi connectivity index (χ2v) is 6.43. The maximum atomic E-state index is 14.0. The largest absolute Gasteiger partial charge is 0.477 e. The number of para-hydroxylation sites is 2. The first-order valence-electron chi connectivity index (χ1n) is 8.06. The minimum Gasteiger partial charge on any atom is -0.477 e. The molecule has 156 valence electrons. The average Bonchev–Trinajstić information content (AvgIpc) is 2.63. The fraction of sp³-hybridized carbons (Fsp3) is 0.222. The molecule has 29 heavy (non-hydrogen) atoms. The molecular weight excluding hydrogens is 439 g/mol. The van der Waals surface area contributed by atoms with E-state index in [0.29, 0.717) is 0 Å². The molecule has 1 N–H and O–H groups in total. The Hall–Kier alpha value is -2.52. The van der Waals surface area contributed by atoms with Gasteiger partial charge in [-0.15, -0.1) is 0 Å². The number of rotatable bonds is 6. The van der Waals surface area contributed by atoms with Gasteiger partial charge in [-0.25, -0.2) is 13.6 Å². The van der Waals surface area contributed by atoms with Gasteiger partial charge in [-0.3, -0.25) is 0 Å². The molecule has 0 aliphatic rings. The summed E-state index contributed by atoms with van der Waals surface area (Å²) in [4.78, 5) is 13.6. The van der Waals surface area contributed by atoms with E-state index >= 15 is 0 Å². The molecule has 0 saturated carbocycles. The Labute approximate surface area is 173 Å². The van der Waals surface area contributed by atoms with Crippen molar-refractivity contribution in [3.63, 3.8) is 0 Å². The summed E-state index contributed by atoms with van der Waals surface area (Å²) < 4.78 is 64.7. The number of hydrogen-bond acceptors (Lipinski definition) is 3. The smallest absolute Gasteiger partial charge is 0.428 e. The van der Waals surface area contributed by atoms with Crippen LogP contribution in [0.25, 0.3) is 0 Å². The highest BCUT2D eigenvalue weighted by molar-refractivity contribution is 6.44. The van der Waals surface area contributed by atoms with E-state index in [1.165, 1.54) is 25.1 Å². The number of urea groups is 1. The summed E-state index contributed by atoms with van der Waals surface area (Å²) >= 11 is 10.3. The molecule has 0 saturated heterocycles. The molecule has 0 aliphatic carbocycles. The van der Waals surface area contributed by atoms with Gasteiger partial charge in [0.15, 0.2) is 0 Å². The lowest BCUT2D eigenvalue weighted by atomic mass is 10.2. The van der Waals surface area contributed by atoms with Crippen molar-refractivity contribution < 1.29 is 31.8 Å². The van der Waals surface area contributed by atoms with Gasteiger partial charge in [-0.1, -0.05) is 41.4 Å². The van der Waals surface area contributed by atoms with Gasteiger partial charge in [-0.2, -0.15) is 13.8 Å². The van der Waals surface area contributed by atoms with Crippen LogP contribution in [-0.2, 0) is 4.74 Å². The highest BCUT2D eigenvalue weighted by atomic mass is 35.5. The summed E-state index contributed by atoms with van der Waals surface area (Å²) in [6, 6.07) is 7.06. The summed E-state index contributed by atoms with van der Waals surface area (Å²) in [5.41, 5.74) is -0.854. The number of nitrogens with one attached hydrogen (secondary N) is 1. The second kappa shape index (κ2) is 9.80. The number of anilines is 1. The molecule has 2 rings (SSSR count). The van der Waals surface area contributed by atoms with Crippen molar-refractivity contribution in [2.24, 2.45) is 4.99 Å². The van der Waals surface area contributed by atoms with E-state index in [9.17, 15) is 22.4 Å². The highest BCUT2D eigenvalue weighted by Crippen LogP contribution is 2.34. The molecule has 0 aromatic heterocycles. The molecule has 0 atom stereocenters. The van der Waals surface area contributed by atoms with Crippen LogP contribution in [0.2, 0.25) is 0 Å². The Morgan fingerprint density at radius 1 is 1.14 bits per heavy atom. The zero-order valence-corrected chi connectivity index (χ0v) is 16.3. The Morgan fingerprint density at radius 3 is 2.34 bits per heavy atom. The van der Waals surface area contributed by atoms with Gasteiger partial charge >= 0.3 is 12.1 Å². The van der Waals surface area contributed by atoms with Gasteiger partial charge in [-0.05, 0) is 31.2 Å². The van der Waals surface area contributed by atoms with E-state index in [2.05, 4.69) is 15.0 Å². The molecule has 0 aliphatic heterocycles. The maximum absolute atomic E-state index is 14.0. The lowest BCUT2D eigenvalue weighted by Gasteiger charge is -2.20. The van der Waals surface area contributed by atoms with Crippen LogP contribution in [0, 0.1) is 11.6 Å². The predicted octanol–water partition coefficient (Wildman–Crippen LogP) is 5.76. The van der Waals surface area contributed by atoms with Gasteiger partial charge in [0, 0.05) is 0 Å². The molecule has 0 radical (unpaired) electrons. The Bertz CT molecular complexity index is 890. The van der Waals surface area contributed by atoms with Crippen molar-refractivity contribution in [1.82, 2.24) is 0 Å². The van der Waals surface area contributed by atoms with Gasteiger partial charge < -0.3 is 14.8 Å². The number of halogens is 6. The number of carbonyl (C=O) groups is 1. The number of aliphatic imine (C=N–C) groups is 1. The van der Waals surface area contributed by atoms with Crippen molar-refractivity contribution in [1.29, 1.82) is 0 Å². The van der Waals surface area contributed by atoms with E-state index in [0.717, 1.165) is 24.3 Å². The number of nitrogens with zero attached hydrogens (tertiary/aromatic N) is 1. The Kier molecular flexibility index (Phi) is 7.69. The molecule has 5 nitrogen and oxygen atoms in total. The van der Waals surface area contributed by atoms with Crippen LogP contribution in [0.3, 0.4) is 0 Å². The van der Waals surface area contributed by atoms with E-state index in [4.69, 9.17) is 27.9 Å². The second-order valence-electron chi connectivity index (χ2n) is 5.34. The number of benzene rings is 2. The van der Waals surface area contributed by atoms with Crippen LogP contribution >= 0.6 is 23.2 Å². The zero-order chi connectivity index (χ0) is 21.6. The monoisotopic (exact) mass is 452 g/mol. The Balaban J connectivity index is 2.31. The average molecular weight is 453 g/mol. The molecule has 0 heterocycles. The molecule has 0 spiro atoms. The number of carbonyl (C=O) groups excluding carboxylic acids is 1. The van der Waals surface area contributed by atoms with Crippen LogP contribution in [0.5, 0.6) is 5.75 Å². The van der Waals surface area contributed by atoms with Crippen LogP contribution < -0.4 is 10.1 Å². The molecule has 2 aromatic carbocycles. The summed E-state index contributed by atoms with van der Waals surface area (Å²) in [5, 5.41) is 2.17.